The molecular weight excluding hydrogens is 240 g/mol. The highest BCUT2D eigenvalue weighted by atomic mass is 16.1. The van der Waals surface area contributed by atoms with E-state index in [1.807, 2.05) is 6.92 Å². The summed E-state index contributed by atoms with van der Waals surface area (Å²) in [5.41, 5.74) is 5.50. The highest BCUT2D eigenvalue weighted by Crippen LogP contribution is 2.16. The summed E-state index contributed by atoms with van der Waals surface area (Å²) in [6, 6.07) is 0. The van der Waals surface area contributed by atoms with Crippen molar-refractivity contribution in [2.45, 2.75) is 32.7 Å². The molecule has 0 aromatic carbocycles. The van der Waals surface area contributed by atoms with Crippen molar-refractivity contribution in [2.75, 3.05) is 46.3 Å². The summed E-state index contributed by atoms with van der Waals surface area (Å²) in [5, 5.41) is 3.07. The highest BCUT2D eigenvalue weighted by molar-refractivity contribution is 5.78. The molecular formula is C14H30N4O. The third kappa shape index (κ3) is 5.09. The van der Waals surface area contributed by atoms with Gasteiger partial charge in [0, 0.05) is 44.2 Å². The molecule has 1 fully saturated rings. The van der Waals surface area contributed by atoms with Crippen LogP contribution in [0.5, 0.6) is 0 Å². The van der Waals surface area contributed by atoms with E-state index >= 15 is 0 Å². The molecule has 0 bridgehead atoms. The summed E-state index contributed by atoms with van der Waals surface area (Å²) in [4.78, 5) is 16.7. The molecule has 0 aromatic heterocycles. The first-order valence-electron chi connectivity index (χ1n) is 7.28. The van der Waals surface area contributed by atoms with Crippen LogP contribution in [0.1, 0.15) is 27.2 Å². The number of nitrogens with two attached hydrogens (primary N) is 1. The topological polar surface area (TPSA) is 61.6 Å². The van der Waals surface area contributed by atoms with Crippen LogP contribution in [0.2, 0.25) is 0 Å². The molecule has 19 heavy (non-hydrogen) atoms. The molecule has 1 unspecified atom stereocenters. The number of nitrogens with one attached hydrogen (secondary N) is 1. The highest BCUT2D eigenvalue weighted by Gasteiger charge is 2.29. The average Bonchev–Trinajstić information content (AvgIpc) is 2.37. The molecule has 3 N–H and O–H groups in total. The maximum absolute atomic E-state index is 11.9. The zero-order chi connectivity index (χ0) is 14.5. The van der Waals surface area contributed by atoms with Gasteiger partial charge in [-0.25, -0.2) is 0 Å². The van der Waals surface area contributed by atoms with Crippen LogP contribution in [0.25, 0.3) is 0 Å². The third-order valence-electron chi connectivity index (χ3n) is 4.10. The standard InChI is InChI=1S/C14H30N4O/c1-12(5-6-15)13(19)16-11-14(2,3)18-9-7-17(4)8-10-18/h12H,5-11,15H2,1-4H3,(H,16,19). The Morgan fingerprint density at radius 1 is 1.32 bits per heavy atom. The molecule has 1 amide bonds. The van der Waals surface area contributed by atoms with Gasteiger partial charge in [-0.3, -0.25) is 9.69 Å². The lowest BCUT2D eigenvalue weighted by molar-refractivity contribution is -0.125. The van der Waals surface area contributed by atoms with Gasteiger partial charge in [-0.05, 0) is 33.9 Å². The molecule has 1 aliphatic rings. The molecule has 0 aromatic rings. The van der Waals surface area contributed by atoms with E-state index in [1.165, 1.54) is 0 Å². The Hall–Kier alpha value is -0.650. The molecule has 0 saturated carbocycles. The second-order valence-electron chi connectivity index (χ2n) is 6.30. The first kappa shape index (κ1) is 16.4. The van der Waals surface area contributed by atoms with Crippen molar-refractivity contribution in [3.63, 3.8) is 0 Å². The van der Waals surface area contributed by atoms with E-state index in [0.29, 0.717) is 13.1 Å². The number of rotatable bonds is 6. The second kappa shape index (κ2) is 7.22. The predicted octanol–water partition coefficient (Wildman–Crippen LogP) is 0.114. The molecule has 112 valence electrons. The first-order valence-corrected chi connectivity index (χ1v) is 7.28. The summed E-state index contributed by atoms with van der Waals surface area (Å²) in [5.74, 6) is 0.126. The summed E-state index contributed by atoms with van der Waals surface area (Å²) >= 11 is 0. The number of piperazine rings is 1. The van der Waals surface area contributed by atoms with Crippen molar-refractivity contribution in [2.24, 2.45) is 11.7 Å². The number of nitrogens with zero attached hydrogens (tertiary/aromatic N) is 2. The lowest BCUT2D eigenvalue weighted by Crippen LogP contribution is -2.58. The van der Waals surface area contributed by atoms with Gasteiger partial charge in [0.2, 0.25) is 5.91 Å². The Morgan fingerprint density at radius 2 is 1.89 bits per heavy atom. The van der Waals surface area contributed by atoms with Crippen molar-refractivity contribution in [1.29, 1.82) is 0 Å². The molecule has 1 heterocycles. The van der Waals surface area contributed by atoms with Crippen LogP contribution in [0.3, 0.4) is 0 Å². The van der Waals surface area contributed by atoms with Gasteiger partial charge in [0.15, 0.2) is 0 Å². The molecule has 0 radical (unpaired) electrons. The maximum Gasteiger partial charge on any atom is 0.222 e. The Morgan fingerprint density at radius 3 is 2.42 bits per heavy atom. The Kier molecular flexibility index (Phi) is 6.23. The van der Waals surface area contributed by atoms with Gasteiger partial charge in [-0.2, -0.15) is 0 Å². The number of carbonyl (C=O) groups excluding carboxylic acids is 1. The van der Waals surface area contributed by atoms with Gasteiger partial charge >= 0.3 is 0 Å². The number of hydrogen-bond acceptors (Lipinski definition) is 4. The van der Waals surface area contributed by atoms with Crippen LogP contribution >= 0.6 is 0 Å². The Bertz CT molecular complexity index is 285. The van der Waals surface area contributed by atoms with E-state index in [0.717, 1.165) is 32.6 Å². The van der Waals surface area contributed by atoms with Crippen molar-refractivity contribution in [3.8, 4) is 0 Å². The van der Waals surface area contributed by atoms with Crippen LogP contribution in [-0.2, 0) is 4.79 Å². The quantitative estimate of drug-likeness (QED) is 0.719. The first-order chi connectivity index (χ1) is 8.86. The van der Waals surface area contributed by atoms with Gasteiger partial charge < -0.3 is 16.0 Å². The van der Waals surface area contributed by atoms with Gasteiger partial charge in [-0.1, -0.05) is 6.92 Å². The minimum atomic E-state index is 0.00768. The molecule has 0 aliphatic carbocycles. The van der Waals surface area contributed by atoms with Gasteiger partial charge in [0.05, 0.1) is 0 Å². The minimum Gasteiger partial charge on any atom is -0.354 e. The summed E-state index contributed by atoms with van der Waals surface area (Å²) in [6.45, 7) is 11.9. The predicted molar refractivity (Wildman–Crippen MR) is 79.0 cm³/mol. The fourth-order valence-electron chi connectivity index (χ4n) is 2.38. The molecule has 1 rings (SSSR count). The summed E-state index contributed by atoms with van der Waals surface area (Å²) in [6.07, 6.45) is 0.751. The Labute approximate surface area is 117 Å². The van der Waals surface area contributed by atoms with E-state index in [-0.39, 0.29) is 17.4 Å². The Balaban J connectivity index is 2.39. The second-order valence-corrected chi connectivity index (χ2v) is 6.30. The summed E-state index contributed by atoms with van der Waals surface area (Å²) < 4.78 is 0. The number of amides is 1. The smallest absolute Gasteiger partial charge is 0.222 e. The van der Waals surface area contributed by atoms with Crippen LogP contribution in [0, 0.1) is 5.92 Å². The molecule has 1 saturated heterocycles. The van der Waals surface area contributed by atoms with Gasteiger partial charge in [0.25, 0.3) is 0 Å². The van der Waals surface area contributed by atoms with Crippen LogP contribution in [-0.4, -0.2) is 67.6 Å². The van der Waals surface area contributed by atoms with Gasteiger partial charge in [0.1, 0.15) is 0 Å². The number of likely N-dealkylation sites (N-methyl/N-ethyl adjacent to an activating group) is 1. The fourth-order valence-corrected chi connectivity index (χ4v) is 2.38. The van der Waals surface area contributed by atoms with E-state index < -0.39 is 0 Å². The van der Waals surface area contributed by atoms with Crippen LogP contribution < -0.4 is 11.1 Å². The maximum atomic E-state index is 11.9. The van der Waals surface area contributed by atoms with E-state index in [9.17, 15) is 4.79 Å². The fraction of sp³-hybridized carbons (Fsp3) is 0.929. The molecule has 5 heteroatoms. The van der Waals surface area contributed by atoms with E-state index in [4.69, 9.17) is 5.73 Å². The average molecular weight is 270 g/mol. The zero-order valence-corrected chi connectivity index (χ0v) is 12.9. The number of carbonyl (C=O) groups is 1. The van der Waals surface area contributed by atoms with Crippen molar-refractivity contribution < 1.29 is 4.79 Å². The van der Waals surface area contributed by atoms with Crippen LogP contribution in [0.4, 0.5) is 0 Å². The molecule has 1 atom stereocenters. The van der Waals surface area contributed by atoms with E-state index in [1.54, 1.807) is 0 Å². The van der Waals surface area contributed by atoms with Crippen molar-refractivity contribution in [3.05, 3.63) is 0 Å². The van der Waals surface area contributed by atoms with Crippen molar-refractivity contribution >= 4 is 5.91 Å². The van der Waals surface area contributed by atoms with E-state index in [2.05, 4.69) is 36.0 Å². The van der Waals surface area contributed by atoms with Crippen LogP contribution in [0.15, 0.2) is 0 Å². The largest absolute Gasteiger partial charge is 0.354 e. The monoisotopic (exact) mass is 270 g/mol. The summed E-state index contributed by atoms with van der Waals surface area (Å²) in [7, 11) is 2.15. The minimum absolute atomic E-state index is 0.00768. The lowest BCUT2D eigenvalue weighted by Gasteiger charge is -2.43. The van der Waals surface area contributed by atoms with Crippen molar-refractivity contribution in [1.82, 2.24) is 15.1 Å². The lowest BCUT2D eigenvalue weighted by atomic mass is 10.0. The zero-order valence-electron chi connectivity index (χ0n) is 12.9. The molecule has 5 nitrogen and oxygen atoms in total. The molecule has 0 spiro atoms. The number of hydrogen-bond donors (Lipinski definition) is 2. The third-order valence-corrected chi connectivity index (χ3v) is 4.10. The normalized spacial score (nSPS) is 20.3. The SMILES string of the molecule is CC(CCN)C(=O)NCC(C)(C)N1CCN(C)CC1. The van der Waals surface area contributed by atoms with Gasteiger partial charge in [-0.15, -0.1) is 0 Å². The molecule has 1 aliphatic heterocycles.